The Kier molecular flexibility index (Phi) is 14.3. The van der Waals surface area contributed by atoms with Crippen LogP contribution in [0.4, 0.5) is 0 Å². The highest BCUT2D eigenvalue weighted by molar-refractivity contribution is 5.76. The average molecular weight is 436 g/mol. The van der Waals surface area contributed by atoms with E-state index in [4.69, 9.17) is 0 Å². The molecule has 0 saturated carbocycles. The third-order valence-corrected chi connectivity index (χ3v) is 6.28. The number of hydrogen-bond donors (Lipinski definition) is 0. The second-order valence-electron chi connectivity index (χ2n) is 9.21. The fraction of sp³-hybridized carbons (Fsp3) is 0.567. The molecule has 0 radical (unpaired) electrons. The van der Waals surface area contributed by atoms with Gasteiger partial charge in [-0.05, 0) is 17.5 Å². The molecule has 0 unspecified atom stereocenters. The van der Waals surface area contributed by atoms with Crippen molar-refractivity contribution in [2.45, 2.75) is 110 Å². The predicted molar refractivity (Wildman–Crippen MR) is 137 cm³/mol. The summed E-state index contributed by atoms with van der Waals surface area (Å²) < 4.78 is 0. The zero-order valence-corrected chi connectivity index (χ0v) is 20.4. The maximum absolute atomic E-state index is 13.0. The van der Waals surface area contributed by atoms with Crippen LogP contribution in [0.2, 0.25) is 0 Å². The van der Waals surface area contributed by atoms with Crippen LogP contribution in [0.1, 0.15) is 108 Å². The van der Waals surface area contributed by atoms with Crippen molar-refractivity contribution in [3.63, 3.8) is 0 Å². The molecule has 2 heteroatoms. The lowest BCUT2D eigenvalue weighted by atomic mass is 10.0. The summed E-state index contributed by atoms with van der Waals surface area (Å²) in [5.74, 6) is 0.278. The number of nitrogens with zero attached hydrogens (tertiary/aromatic N) is 1. The summed E-state index contributed by atoms with van der Waals surface area (Å²) in [4.78, 5) is 15.0. The van der Waals surface area contributed by atoms with E-state index < -0.39 is 0 Å². The van der Waals surface area contributed by atoms with Crippen LogP contribution in [-0.4, -0.2) is 10.8 Å². The van der Waals surface area contributed by atoms with Gasteiger partial charge in [0.15, 0.2) is 0 Å². The van der Waals surface area contributed by atoms with E-state index in [9.17, 15) is 4.79 Å². The SMILES string of the molecule is CCCCCCCCCCCCCCCC(=O)N(Cc1ccccc1)Cc1ccccc1. The minimum atomic E-state index is 0.278. The Morgan fingerprint density at radius 1 is 0.562 bits per heavy atom. The van der Waals surface area contributed by atoms with Crippen molar-refractivity contribution in [2.24, 2.45) is 0 Å². The van der Waals surface area contributed by atoms with Crippen molar-refractivity contribution in [3.8, 4) is 0 Å². The van der Waals surface area contributed by atoms with Gasteiger partial charge in [0.25, 0.3) is 0 Å². The molecule has 0 spiro atoms. The van der Waals surface area contributed by atoms with E-state index in [2.05, 4.69) is 31.2 Å². The largest absolute Gasteiger partial charge is 0.334 e. The summed E-state index contributed by atoms with van der Waals surface area (Å²) in [6.07, 6.45) is 18.0. The zero-order valence-electron chi connectivity index (χ0n) is 20.4. The molecule has 1 amide bonds. The van der Waals surface area contributed by atoms with Crippen LogP contribution in [0.25, 0.3) is 0 Å². The summed E-state index contributed by atoms with van der Waals surface area (Å²) >= 11 is 0. The molecule has 0 aliphatic carbocycles. The normalized spacial score (nSPS) is 10.9. The van der Waals surface area contributed by atoms with Gasteiger partial charge in [0, 0.05) is 19.5 Å². The van der Waals surface area contributed by atoms with Gasteiger partial charge in [0.05, 0.1) is 0 Å². The molecule has 0 atom stereocenters. The van der Waals surface area contributed by atoms with E-state index in [-0.39, 0.29) is 5.91 Å². The topological polar surface area (TPSA) is 20.3 Å². The van der Waals surface area contributed by atoms with Crippen LogP contribution in [0, 0.1) is 0 Å². The summed E-state index contributed by atoms with van der Waals surface area (Å²) in [5, 5.41) is 0. The summed E-state index contributed by atoms with van der Waals surface area (Å²) in [5.41, 5.74) is 2.39. The smallest absolute Gasteiger partial charge is 0.223 e. The lowest BCUT2D eigenvalue weighted by Gasteiger charge is -2.23. The Bertz CT molecular complexity index is 656. The second-order valence-corrected chi connectivity index (χ2v) is 9.21. The second kappa shape index (κ2) is 17.5. The standard InChI is InChI=1S/C30H45NO/c1-2-3-4-5-6-7-8-9-10-11-12-13-20-25-30(32)31(26-28-21-16-14-17-22-28)27-29-23-18-15-19-24-29/h14-19,21-24H,2-13,20,25-27H2,1H3. The number of benzene rings is 2. The molecule has 0 heterocycles. The van der Waals surface area contributed by atoms with Crippen molar-refractivity contribution in [1.82, 2.24) is 4.90 Å². The minimum absolute atomic E-state index is 0.278. The fourth-order valence-corrected chi connectivity index (χ4v) is 4.29. The first kappa shape index (κ1) is 26.2. The van der Waals surface area contributed by atoms with E-state index in [0.717, 1.165) is 6.42 Å². The average Bonchev–Trinajstić information content (AvgIpc) is 2.83. The molecule has 0 aliphatic heterocycles. The van der Waals surface area contributed by atoms with Gasteiger partial charge >= 0.3 is 0 Å². The summed E-state index contributed by atoms with van der Waals surface area (Å²) in [6.45, 7) is 3.65. The van der Waals surface area contributed by atoms with Crippen LogP contribution in [-0.2, 0) is 17.9 Å². The van der Waals surface area contributed by atoms with Gasteiger partial charge in [-0.1, -0.05) is 145 Å². The third-order valence-electron chi connectivity index (χ3n) is 6.28. The van der Waals surface area contributed by atoms with Crippen molar-refractivity contribution in [3.05, 3.63) is 71.8 Å². The Labute approximate surface area is 197 Å². The lowest BCUT2D eigenvalue weighted by molar-refractivity contribution is -0.132. The van der Waals surface area contributed by atoms with Gasteiger partial charge in [0.1, 0.15) is 0 Å². The van der Waals surface area contributed by atoms with Gasteiger partial charge in [0.2, 0.25) is 5.91 Å². The number of hydrogen-bond acceptors (Lipinski definition) is 1. The number of rotatable bonds is 18. The number of amides is 1. The van der Waals surface area contributed by atoms with Crippen LogP contribution in [0.5, 0.6) is 0 Å². The summed E-state index contributed by atoms with van der Waals surface area (Å²) in [6, 6.07) is 20.7. The predicted octanol–water partition coefficient (Wildman–Crippen LogP) is 8.70. The van der Waals surface area contributed by atoms with Crippen LogP contribution >= 0.6 is 0 Å². The number of carbonyl (C=O) groups excluding carboxylic acids is 1. The maximum atomic E-state index is 13.0. The van der Waals surface area contributed by atoms with Crippen molar-refractivity contribution in [1.29, 1.82) is 0 Å². The highest BCUT2D eigenvalue weighted by Crippen LogP contribution is 2.15. The van der Waals surface area contributed by atoms with Gasteiger partial charge in [-0.25, -0.2) is 0 Å². The molecule has 176 valence electrons. The van der Waals surface area contributed by atoms with E-state index in [1.54, 1.807) is 0 Å². The molecule has 2 nitrogen and oxygen atoms in total. The van der Waals surface area contributed by atoms with Gasteiger partial charge < -0.3 is 4.90 Å². The highest BCUT2D eigenvalue weighted by atomic mass is 16.2. The van der Waals surface area contributed by atoms with Crippen LogP contribution in [0.3, 0.4) is 0 Å². The molecule has 0 aliphatic rings. The fourth-order valence-electron chi connectivity index (χ4n) is 4.29. The Hall–Kier alpha value is -2.09. The molecule has 2 aromatic carbocycles. The van der Waals surface area contributed by atoms with E-state index in [1.807, 2.05) is 41.3 Å². The zero-order chi connectivity index (χ0) is 22.7. The Morgan fingerprint density at radius 2 is 0.938 bits per heavy atom. The first-order chi connectivity index (χ1) is 15.8. The van der Waals surface area contributed by atoms with Crippen molar-refractivity contribution < 1.29 is 4.79 Å². The molecule has 32 heavy (non-hydrogen) atoms. The number of unbranched alkanes of at least 4 members (excludes halogenated alkanes) is 12. The van der Waals surface area contributed by atoms with Gasteiger partial charge in [-0.15, -0.1) is 0 Å². The summed E-state index contributed by atoms with van der Waals surface area (Å²) in [7, 11) is 0. The highest BCUT2D eigenvalue weighted by Gasteiger charge is 2.14. The molecule has 0 bridgehead atoms. The molecule has 0 aromatic heterocycles. The first-order valence-corrected chi connectivity index (χ1v) is 13.1. The molecule has 0 N–H and O–H groups in total. The van der Waals surface area contributed by atoms with Gasteiger partial charge in [-0.2, -0.15) is 0 Å². The van der Waals surface area contributed by atoms with Crippen molar-refractivity contribution >= 4 is 5.91 Å². The molecular formula is C30H45NO. The molecule has 0 saturated heterocycles. The van der Waals surface area contributed by atoms with E-state index in [1.165, 1.54) is 88.2 Å². The minimum Gasteiger partial charge on any atom is -0.334 e. The first-order valence-electron chi connectivity index (χ1n) is 13.1. The third kappa shape index (κ3) is 12.1. The lowest BCUT2D eigenvalue weighted by Crippen LogP contribution is -2.29. The molecule has 2 aromatic rings. The maximum Gasteiger partial charge on any atom is 0.223 e. The molecule has 0 fully saturated rings. The Morgan fingerprint density at radius 3 is 1.34 bits per heavy atom. The van der Waals surface area contributed by atoms with Crippen molar-refractivity contribution in [2.75, 3.05) is 0 Å². The van der Waals surface area contributed by atoms with Crippen LogP contribution < -0.4 is 0 Å². The van der Waals surface area contributed by atoms with Gasteiger partial charge in [-0.3, -0.25) is 4.79 Å². The Balaban J connectivity index is 1.60. The van der Waals surface area contributed by atoms with Crippen LogP contribution in [0.15, 0.2) is 60.7 Å². The molecular weight excluding hydrogens is 390 g/mol. The quantitative estimate of drug-likeness (QED) is 0.214. The van der Waals surface area contributed by atoms with E-state index in [0.29, 0.717) is 19.5 Å². The molecule has 2 rings (SSSR count). The number of carbonyl (C=O) groups is 1. The van der Waals surface area contributed by atoms with E-state index >= 15 is 0 Å². The monoisotopic (exact) mass is 435 g/mol.